The number of anilines is 1. The Morgan fingerprint density at radius 1 is 1.03 bits per heavy atom. The van der Waals surface area contributed by atoms with Gasteiger partial charge in [0.05, 0.1) is 12.7 Å². The number of rotatable bonds is 4. The summed E-state index contributed by atoms with van der Waals surface area (Å²) in [5, 5.41) is 2.68. The van der Waals surface area contributed by atoms with Gasteiger partial charge in [-0.3, -0.25) is 19.1 Å². The summed E-state index contributed by atoms with van der Waals surface area (Å²) in [4.78, 5) is 48.6. The summed E-state index contributed by atoms with van der Waals surface area (Å²) in [7, 11) is 1.31. The molecule has 1 amide bonds. The van der Waals surface area contributed by atoms with Crippen molar-refractivity contribution in [1.29, 1.82) is 0 Å². The zero-order chi connectivity index (χ0) is 21.5. The molecule has 0 aliphatic heterocycles. The Balaban J connectivity index is 1.72. The Morgan fingerprint density at radius 2 is 1.73 bits per heavy atom. The van der Waals surface area contributed by atoms with Crippen LogP contribution in [0.5, 0.6) is 0 Å². The Hall–Kier alpha value is -4.38. The molecule has 0 aliphatic rings. The molecule has 0 saturated heterocycles. The van der Waals surface area contributed by atoms with Gasteiger partial charge in [-0.05, 0) is 36.4 Å². The number of nitrogens with zero attached hydrogens (tertiary/aromatic N) is 1. The lowest BCUT2D eigenvalue weighted by molar-refractivity contribution is -0.116. The Bertz CT molecular complexity index is 1280. The molecule has 3 rings (SSSR count). The van der Waals surface area contributed by atoms with Crippen molar-refractivity contribution in [2.24, 2.45) is 0 Å². The van der Waals surface area contributed by atoms with Gasteiger partial charge < -0.3 is 10.1 Å². The van der Waals surface area contributed by atoms with Gasteiger partial charge in [0.2, 0.25) is 5.91 Å². The number of aromatic amines is 1. The minimum atomic E-state index is -0.661. The van der Waals surface area contributed by atoms with Crippen LogP contribution in [0.4, 0.5) is 5.69 Å². The maximum atomic E-state index is 12.2. The molecule has 0 spiro atoms. The average molecular weight is 403 g/mol. The zero-order valence-electron chi connectivity index (χ0n) is 16.0. The van der Waals surface area contributed by atoms with E-state index in [1.54, 1.807) is 48.5 Å². The van der Waals surface area contributed by atoms with E-state index >= 15 is 0 Å². The van der Waals surface area contributed by atoms with E-state index < -0.39 is 23.1 Å². The second-order valence-corrected chi connectivity index (χ2v) is 6.19. The largest absolute Gasteiger partial charge is 0.465 e. The molecule has 0 fully saturated rings. The van der Waals surface area contributed by atoms with Crippen LogP contribution in [0.3, 0.4) is 0 Å². The highest BCUT2D eigenvalue weighted by Gasteiger charge is 2.06. The monoisotopic (exact) mass is 403 g/mol. The van der Waals surface area contributed by atoms with Crippen LogP contribution >= 0.6 is 0 Å². The quantitative estimate of drug-likeness (QED) is 0.505. The molecule has 30 heavy (non-hydrogen) atoms. The van der Waals surface area contributed by atoms with E-state index in [0.717, 1.165) is 4.57 Å². The Morgan fingerprint density at radius 3 is 2.43 bits per heavy atom. The predicted molar refractivity (Wildman–Crippen MR) is 110 cm³/mol. The van der Waals surface area contributed by atoms with Gasteiger partial charge in [0, 0.05) is 29.1 Å². The molecule has 8 heteroatoms. The van der Waals surface area contributed by atoms with Crippen molar-refractivity contribution in [3.63, 3.8) is 0 Å². The smallest absolute Gasteiger partial charge is 0.337 e. The number of amides is 1. The highest BCUT2D eigenvalue weighted by molar-refractivity contribution is 5.91. The number of methoxy groups -OCH3 is 1. The first-order valence-electron chi connectivity index (χ1n) is 8.85. The first kappa shape index (κ1) is 20.4. The number of aromatic nitrogens is 2. The summed E-state index contributed by atoms with van der Waals surface area (Å²) in [5.41, 5.74) is 1.02. The van der Waals surface area contributed by atoms with Crippen LogP contribution in [0.25, 0.3) is 0 Å². The third-order valence-corrected chi connectivity index (χ3v) is 3.99. The standard InChI is InChI=1S/C22H17N3O5/c1-30-21(28)17-6-2-4-15(12-17)8-9-16-5-3-7-18(13-16)23-20(27)14-25-11-10-19(26)24-22(25)29/h2-7,10-13H,14H2,1H3,(H,23,27)(H,24,26,29). The fourth-order valence-electron chi connectivity index (χ4n) is 2.58. The van der Waals surface area contributed by atoms with Crippen LogP contribution in [0.1, 0.15) is 21.5 Å². The van der Waals surface area contributed by atoms with Crippen molar-refractivity contribution in [3.8, 4) is 11.8 Å². The highest BCUT2D eigenvalue weighted by atomic mass is 16.5. The van der Waals surface area contributed by atoms with Crippen LogP contribution in [-0.2, 0) is 16.1 Å². The molecule has 0 bridgehead atoms. The van der Waals surface area contributed by atoms with Crippen molar-refractivity contribution in [2.75, 3.05) is 12.4 Å². The van der Waals surface area contributed by atoms with Crippen LogP contribution in [0.2, 0.25) is 0 Å². The molecule has 0 saturated carbocycles. The average Bonchev–Trinajstić information content (AvgIpc) is 2.74. The van der Waals surface area contributed by atoms with E-state index in [9.17, 15) is 19.2 Å². The van der Waals surface area contributed by atoms with Gasteiger partial charge in [-0.2, -0.15) is 0 Å². The Kier molecular flexibility index (Phi) is 6.25. The van der Waals surface area contributed by atoms with Crippen molar-refractivity contribution in [2.45, 2.75) is 6.54 Å². The van der Waals surface area contributed by atoms with Gasteiger partial charge in [0.15, 0.2) is 0 Å². The molecule has 0 atom stereocenters. The fraction of sp³-hybridized carbons (Fsp3) is 0.0909. The lowest BCUT2D eigenvalue weighted by atomic mass is 10.1. The number of nitrogens with one attached hydrogen (secondary N) is 2. The second kappa shape index (κ2) is 9.21. The fourth-order valence-corrected chi connectivity index (χ4v) is 2.58. The first-order chi connectivity index (χ1) is 14.4. The van der Waals surface area contributed by atoms with Crippen LogP contribution in [0.15, 0.2) is 70.4 Å². The maximum absolute atomic E-state index is 12.2. The lowest BCUT2D eigenvalue weighted by Gasteiger charge is -2.07. The van der Waals surface area contributed by atoms with Crippen molar-refractivity contribution < 1.29 is 14.3 Å². The third kappa shape index (κ3) is 5.33. The minimum absolute atomic E-state index is 0.244. The van der Waals surface area contributed by atoms with Gasteiger partial charge in [0.25, 0.3) is 5.56 Å². The molecule has 0 aliphatic carbocycles. The topological polar surface area (TPSA) is 110 Å². The highest BCUT2D eigenvalue weighted by Crippen LogP contribution is 2.11. The molecular weight excluding hydrogens is 386 g/mol. The minimum Gasteiger partial charge on any atom is -0.465 e. The molecule has 1 aromatic heterocycles. The van der Waals surface area contributed by atoms with E-state index in [-0.39, 0.29) is 6.54 Å². The number of benzene rings is 2. The summed E-state index contributed by atoms with van der Waals surface area (Å²) in [6.45, 7) is -0.244. The number of carbonyl (C=O) groups excluding carboxylic acids is 2. The second-order valence-electron chi connectivity index (χ2n) is 6.19. The van der Waals surface area contributed by atoms with Gasteiger partial charge in [0.1, 0.15) is 6.54 Å². The lowest BCUT2D eigenvalue weighted by Crippen LogP contribution is -2.32. The van der Waals surface area contributed by atoms with Crippen LogP contribution in [-0.4, -0.2) is 28.5 Å². The molecule has 1 heterocycles. The van der Waals surface area contributed by atoms with Gasteiger partial charge >= 0.3 is 11.7 Å². The molecular formula is C22H17N3O5. The Labute approximate surface area is 171 Å². The van der Waals surface area contributed by atoms with E-state index in [2.05, 4.69) is 22.1 Å². The number of ether oxygens (including phenoxy) is 1. The normalized spacial score (nSPS) is 9.90. The molecule has 0 radical (unpaired) electrons. The summed E-state index contributed by atoms with van der Waals surface area (Å²) in [6, 6.07) is 14.8. The molecule has 8 nitrogen and oxygen atoms in total. The summed E-state index contributed by atoms with van der Waals surface area (Å²) < 4.78 is 5.79. The number of hydrogen-bond acceptors (Lipinski definition) is 5. The number of carbonyl (C=O) groups is 2. The molecule has 2 aromatic carbocycles. The summed E-state index contributed by atoms with van der Waals surface area (Å²) in [5.74, 6) is 5.07. The summed E-state index contributed by atoms with van der Waals surface area (Å²) >= 11 is 0. The van der Waals surface area contributed by atoms with Crippen molar-refractivity contribution in [1.82, 2.24) is 9.55 Å². The first-order valence-corrected chi connectivity index (χ1v) is 8.85. The van der Waals surface area contributed by atoms with Crippen molar-refractivity contribution in [3.05, 3.63) is 98.3 Å². The van der Waals surface area contributed by atoms with Gasteiger partial charge in [-0.25, -0.2) is 9.59 Å². The number of hydrogen-bond donors (Lipinski definition) is 2. The van der Waals surface area contributed by atoms with Gasteiger partial charge in [-0.15, -0.1) is 0 Å². The van der Waals surface area contributed by atoms with E-state index in [1.807, 2.05) is 0 Å². The molecule has 3 aromatic rings. The maximum Gasteiger partial charge on any atom is 0.337 e. The SMILES string of the molecule is COC(=O)c1cccc(C#Cc2cccc(NC(=O)Cn3ccc(=O)[nH]c3=O)c2)c1. The predicted octanol–water partition coefficient (Wildman–Crippen LogP) is 1.36. The third-order valence-electron chi connectivity index (χ3n) is 3.99. The molecule has 150 valence electrons. The van der Waals surface area contributed by atoms with Crippen LogP contribution < -0.4 is 16.6 Å². The van der Waals surface area contributed by atoms with Gasteiger partial charge in [-0.1, -0.05) is 24.0 Å². The molecule has 2 N–H and O–H groups in total. The number of esters is 1. The summed E-state index contributed by atoms with van der Waals surface area (Å²) in [6.07, 6.45) is 1.26. The molecule has 0 unspecified atom stereocenters. The number of H-pyrrole nitrogens is 1. The van der Waals surface area contributed by atoms with E-state index in [4.69, 9.17) is 4.74 Å². The van der Waals surface area contributed by atoms with Crippen molar-refractivity contribution >= 4 is 17.6 Å². The van der Waals surface area contributed by atoms with E-state index in [1.165, 1.54) is 19.4 Å². The van der Waals surface area contributed by atoms with Crippen LogP contribution in [0, 0.1) is 11.8 Å². The zero-order valence-corrected chi connectivity index (χ0v) is 16.0. The van der Waals surface area contributed by atoms with E-state index in [0.29, 0.717) is 22.4 Å².